The Labute approximate surface area is 137 Å². The molecular weight excluding hydrogens is 316 g/mol. The molecule has 0 unspecified atom stereocenters. The molecule has 1 aliphatic rings. The SMILES string of the molecule is O=C1CCCc2[nH]c(=O)c(C(=O)NCc3ccc(Cl)cc3)cc21. The molecule has 5 nitrogen and oxygen atoms in total. The fourth-order valence-electron chi connectivity index (χ4n) is 2.62. The van der Waals surface area contributed by atoms with Crippen LogP contribution in [0.25, 0.3) is 0 Å². The average molecular weight is 331 g/mol. The zero-order valence-corrected chi connectivity index (χ0v) is 13.1. The molecule has 0 fully saturated rings. The van der Waals surface area contributed by atoms with Gasteiger partial charge in [0.05, 0.1) is 0 Å². The van der Waals surface area contributed by atoms with Crippen molar-refractivity contribution in [3.63, 3.8) is 0 Å². The first-order valence-electron chi connectivity index (χ1n) is 7.36. The molecule has 0 saturated carbocycles. The van der Waals surface area contributed by atoms with Crippen LogP contribution in [0.15, 0.2) is 35.1 Å². The molecular formula is C17H15ClN2O3. The molecule has 0 radical (unpaired) electrons. The summed E-state index contributed by atoms with van der Waals surface area (Å²) in [6.45, 7) is 0.278. The number of aromatic nitrogens is 1. The van der Waals surface area contributed by atoms with E-state index >= 15 is 0 Å². The highest BCUT2D eigenvalue weighted by molar-refractivity contribution is 6.30. The third kappa shape index (κ3) is 3.35. The number of nitrogens with one attached hydrogen (secondary N) is 2. The number of halogens is 1. The molecule has 23 heavy (non-hydrogen) atoms. The maximum atomic E-state index is 12.2. The van der Waals surface area contributed by atoms with Crippen molar-refractivity contribution in [1.82, 2.24) is 10.3 Å². The Morgan fingerprint density at radius 1 is 1.17 bits per heavy atom. The van der Waals surface area contributed by atoms with Gasteiger partial charge in [0, 0.05) is 29.2 Å². The van der Waals surface area contributed by atoms with Gasteiger partial charge in [-0.15, -0.1) is 0 Å². The highest BCUT2D eigenvalue weighted by Gasteiger charge is 2.21. The van der Waals surface area contributed by atoms with Crippen LogP contribution in [0.3, 0.4) is 0 Å². The van der Waals surface area contributed by atoms with Crippen LogP contribution in [0.1, 0.15) is 44.8 Å². The van der Waals surface area contributed by atoms with Crippen LogP contribution in [0.5, 0.6) is 0 Å². The lowest BCUT2D eigenvalue weighted by Crippen LogP contribution is -2.31. The van der Waals surface area contributed by atoms with Gasteiger partial charge in [0.1, 0.15) is 5.56 Å². The fraction of sp³-hybridized carbons (Fsp3) is 0.235. The zero-order chi connectivity index (χ0) is 16.4. The number of benzene rings is 1. The minimum atomic E-state index is -0.498. The molecule has 0 atom stereocenters. The number of Topliss-reactive ketones (excluding diaryl/α,β-unsaturated/α-hetero) is 1. The summed E-state index contributed by atoms with van der Waals surface area (Å²) >= 11 is 5.81. The summed E-state index contributed by atoms with van der Waals surface area (Å²) in [7, 11) is 0. The molecule has 6 heteroatoms. The van der Waals surface area contributed by atoms with Gasteiger partial charge in [-0.1, -0.05) is 23.7 Å². The molecule has 0 bridgehead atoms. The lowest BCUT2D eigenvalue weighted by atomic mass is 9.93. The summed E-state index contributed by atoms with van der Waals surface area (Å²) in [4.78, 5) is 38.9. The average Bonchev–Trinajstić information content (AvgIpc) is 2.54. The first kappa shape index (κ1) is 15.5. The van der Waals surface area contributed by atoms with Gasteiger partial charge in [0.2, 0.25) is 0 Å². The minimum absolute atomic E-state index is 0.0331. The Bertz CT molecular complexity index is 825. The van der Waals surface area contributed by atoms with Crippen LogP contribution in [0, 0.1) is 0 Å². The number of carbonyl (C=O) groups excluding carboxylic acids is 2. The number of pyridine rings is 1. The molecule has 2 N–H and O–H groups in total. The monoisotopic (exact) mass is 330 g/mol. The number of hydrogen-bond acceptors (Lipinski definition) is 3. The van der Waals surface area contributed by atoms with E-state index in [0.29, 0.717) is 29.1 Å². The summed E-state index contributed by atoms with van der Waals surface area (Å²) in [5, 5.41) is 3.30. The number of rotatable bonds is 3. The first-order chi connectivity index (χ1) is 11.0. The lowest BCUT2D eigenvalue weighted by molar-refractivity contribution is 0.0949. The third-order valence-electron chi connectivity index (χ3n) is 3.86. The van der Waals surface area contributed by atoms with Crippen LogP contribution in [-0.2, 0) is 13.0 Å². The summed E-state index contributed by atoms with van der Waals surface area (Å²) in [6, 6.07) is 8.46. The maximum Gasteiger partial charge on any atom is 0.261 e. The van der Waals surface area contributed by atoms with Gasteiger partial charge in [-0.05, 0) is 36.6 Å². The van der Waals surface area contributed by atoms with E-state index in [0.717, 1.165) is 12.0 Å². The molecule has 0 spiro atoms. The summed E-state index contributed by atoms with van der Waals surface area (Å²) in [5.41, 5.74) is 1.45. The van der Waals surface area contributed by atoms with Crippen LogP contribution in [-0.4, -0.2) is 16.7 Å². The van der Waals surface area contributed by atoms with E-state index in [2.05, 4.69) is 10.3 Å². The Morgan fingerprint density at radius 2 is 1.91 bits per heavy atom. The molecule has 1 aromatic carbocycles. The van der Waals surface area contributed by atoms with Crippen LogP contribution >= 0.6 is 11.6 Å². The topological polar surface area (TPSA) is 79.0 Å². The van der Waals surface area contributed by atoms with E-state index in [1.807, 2.05) is 0 Å². The minimum Gasteiger partial charge on any atom is -0.348 e. The van der Waals surface area contributed by atoms with Crippen molar-refractivity contribution in [1.29, 1.82) is 0 Å². The normalized spacial score (nSPS) is 13.5. The fourth-order valence-corrected chi connectivity index (χ4v) is 2.75. The largest absolute Gasteiger partial charge is 0.348 e. The Morgan fingerprint density at radius 3 is 2.65 bits per heavy atom. The number of carbonyl (C=O) groups is 2. The first-order valence-corrected chi connectivity index (χ1v) is 7.74. The van der Waals surface area contributed by atoms with Gasteiger partial charge in [-0.2, -0.15) is 0 Å². The van der Waals surface area contributed by atoms with Gasteiger partial charge in [0.15, 0.2) is 5.78 Å². The van der Waals surface area contributed by atoms with Crippen molar-refractivity contribution in [2.45, 2.75) is 25.8 Å². The number of aromatic amines is 1. The van der Waals surface area contributed by atoms with E-state index in [4.69, 9.17) is 11.6 Å². The molecule has 1 aliphatic carbocycles. The zero-order valence-electron chi connectivity index (χ0n) is 12.3. The van der Waals surface area contributed by atoms with Gasteiger partial charge in [0.25, 0.3) is 11.5 Å². The summed E-state index contributed by atoms with van der Waals surface area (Å²) < 4.78 is 0. The van der Waals surface area contributed by atoms with Gasteiger partial charge in [-0.25, -0.2) is 0 Å². The quantitative estimate of drug-likeness (QED) is 0.907. The highest BCUT2D eigenvalue weighted by Crippen LogP contribution is 2.18. The summed E-state index contributed by atoms with van der Waals surface area (Å²) in [6.07, 6.45) is 1.83. The molecule has 1 amide bonds. The van der Waals surface area contributed by atoms with Crippen LogP contribution in [0.4, 0.5) is 0 Å². The number of ketones is 1. The lowest BCUT2D eigenvalue weighted by Gasteiger charge is -2.15. The molecule has 1 heterocycles. The van der Waals surface area contributed by atoms with E-state index in [-0.39, 0.29) is 17.9 Å². The summed E-state index contributed by atoms with van der Waals surface area (Å²) in [5.74, 6) is -0.531. The van der Waals surface area contributed by atoms with Crippen molar-refractivity contribution < 1.29 is 9.59 Å². The molecule has 1 aromatic heterocycles. The maximum absolute atomic E-state index is 12.2. The van der Waals surface area contributed by atoms with E-state index < -0.39 is 11.5 Å². The van der Waals surface area contributed by atoms with Crippen LogP contribution < -0.4 is 10.9 Å². The second kappa shape index (κ2) is 6.38. The molecule has 0 aliphatic heterocycles. The van der Waals surface area contributed by atoms with E-state index in [9.17, 15) is 14.4 Å². The second-order valence-corrected chi connectivity index (χ2v) is 5.93. The Balaban J connectivity index is 1.79. The predicted molar refractivity (Wildman–Crippen MR) is 87.0 cm³/mol. The van der Waals surface area contributed by atoms with Gasteiger partial charge < -0.3 is 10.3 Å². The molecule has 118 valence electrons. The third-order valence-corrected chi connectivity index (χ3v) is 4.12. The standard InChI is InChI=1S/C17H15ClN2O3/c18-11-6-4-10(5-7-11)9-19-16(22)13-8-12-14(20-17(13)23)2-1-3-15(12)21/h4-8H,1-3,9H2,(H,19,22)(H,20,23). The van der Waals surface area contributed by atoms with E-state index in [1.54, 1.807) is 24.3 Å². The van der Waals surface area contributed by atoms with Crippen LogP contribution in [0.2, 0.25) is 5.02 Å². The second-order valence-electron chi connectivity index (χ2n) is 5.49. The number of amides is 1. The molecule has 0 saturated heterocycles. The van der Waals surface area contributed by atoms with Crippen molar-refractivity contribution in [2.24, 2.45) is 0 Å². The van der Waals surface area contributed by atoms with Gasteiger partial charge in [-0.3, -0.25) is 14.4 Å². The van der Waals surface area contributed by atoms with Crippen molar-refractivity contribution in [2.75, 3.05) is 0 Å². The van der Waals surface area contributed by atoms with E-state index in [1.165, 1.54) is 6.07 Å². The van der Waals surface area contributed by atoms with Crippen molar-refractivity contribution in [3.8, 4) is 0 Å². The van der Waals surface area contributed by atoms with Crippen molar-refractivity contribution in [3.05, 3.63) is 68.1 Å². The molecule has 2 aromatic rings. The molecule has 3 rings (SSSR count). The smallest absolute Gasteiger partial charge is 0.261 e. The van der Waals surface area contributed by atoms with Gasteiger partial charge >= 0.3 is 0 Å². The number of aryl methyl sites for hydroxylation is 1. The number of fused-ring (bicyclic) bond motifs is 1. The highest BCUT2D eigenvalue weighted by atomic mass is 35.5. The number of H-pyrrole nitrogens is 1. The Kier molecular flexibility index (Phi) is 4.30. The van der Waals surface area contributed by atoms with Crippen molar-refractivity contribution >= 4 is 23.3 Å². The Hall–Kier alpha value is -2.40. The predicted octanol–water partition coefficient (Wildman–Crippen LogP) is 2.48. The number of hydrogen-bond donors (Lipinski definition) is 2.